The molecule has 0 unspecified atom stereocenters. The molecule has 0 saturated carbocycles. The zero-order valence-electron chi connectivity index (χ0n) is 16.9. The van der Waals surface area contributed by atoms with Crippen LogP contribution in [0.3, 0.4) is 0 Å². The van der Waals surface area contributed by atoms with Crippen molar-refractivity contribution in [3.63, 3.8) is 0 Å². The molecule has 1 heterocycles. The van der Waals surface area contributed by atoms with Crippen molar-refractivity contribution in [2.45, 2.75) is 32.6 Å². The highest BCUT2D eigenvalue weighted by Gasteiger charge is 2.30. The number of rotatable bonds is 6. The van der Waals surface area contributed by atoms with Crippen LogP contribution in [0, 0.1) is 5.92 Å². The lowest BCUT2D eigenvalue weighted by molar-refractivity contribution is -0.140. The van der Waals surface area contributed by atoms with Gasteiger partial charge in [0, 0.05) is 32.6 Å². The van der Waals surface area contributed by atoms with Gasteiger partial charge in [-0.25, -0.2) is 0 Å². The van der Waals surface area contributed by atoms with Gasteiger partial charge in [-0.2, -0.15) is 0 Å². The molecule has 2 amide bonds. The van der Waals surface area contributed by atoms with Crippen LogP contribution in [0.2, 0.25) is 0 Å². The van der Waals surface area contributed by atoms with Gasteiger partial charge in [0.15, 0.2) is 0 Å². The van der Waals surface area contributed by atoms with Crippen LogP contribution < -0.4 is 0 Å². The Morgan fingerprint density at radius 3 is 1.71 bits per heavy atom. The van der Waals surface area contributed by atoms with Crippen molar-refractivity contribution < 1.29 is 9.59 Å². The summed E-state index contributed by atoms with van der Waals surface area (Å²) in [5.74, 6) is 0.560. The maximum absolute atomic E-state index is 13.4. The van der Waals surface area contributed by atoms with Gasteiger partial charge in [-0.05, 0) is 23.5 Å². The fraction of sp³-hybridized carbons (Fsp3) is 0.417. The first-order valence-corrected chi connectivity index (χ1v) is 10.2. The summed E-state index contributed by atoms with van der Waals surface area (Å²) < 4.78 is 0. The van der Waals surface area contributed by atoms with Crippen LogP contribution in [-0.2, 0) is 9.59 Å². The minimum Gasteiger partial charge on any atom is -0.339 e. The van der Waals surface area contributed by atoms with E-state index in [1.807, 2.05) is 70.5 Å². The maximum atomic E-state index is 13.4. The number of piperazine rings is 1. The molecule has 2 aromatic carbocycles. The zero-order chi connectivity index (χ0) is 19.9. The average Bonchev–Trinajstić information content (AvgIpc) is 2.74. The molecule has 2 aromatic rings. The van der Waals surface area contributed by atoms with Crippen LogP contribution in [0.4, 0.5) is 0 Å². The fourth-order valence-corrected chi connectivity index (χ4v) is 3.70. The molecule has 1 saturated heterocycles. The second-order valence-corrected chi connectivity index (χ2v) is 7.89. The lowest BCUT2D eigenvalue weighted by Gasteiger charge is -2.37. The lowest BCUT2D eigenvalue weighted by Crippen LogP contribution is -2.51. The number of hydrogen-bond donors (Lipinski definition) is 0. The second-order valence-electron chi connectivity index (χ2n) is 7.89. The summed E-state index contributed by atoms with van der Waals surface area (Å²) in [6.45, 7) is 6.72. The van der Waals surface area contributed by atoms with Crippen molar-refractivity contribution >= 4 is 11.8 Å². The Kier molecular flexibility index (Phi) is 6.85. The molecule has 4 heteroatoms. The first-order valence-electron chi connectivity index (χ1n) is 10.2. The molecular formula is C24H30N2O2. The molecule has 0 aromatic heterocycles. The van der Waals surface area contributed by atoms with Gasteiger partial charge in [0.2, 0.25) is 11.8 Å². The van der Waals surface area contributed by atoms with Gasteiger partial charge in [0.05, 0.1) is 5.92 Å². The van der Waals surface area contributed by atoms with Gasteiger partial charge >= 0.3 is 0 Å². The number of carbonyl (C=O) groups excluding carboxylic acids is 2. The summed E-state index contributed by atoms with van der Waals surface area (Å²) in [6, 6.07) is 19.9. The molecule has 3 rings (SSSR count). The van der Waals surface area contributed by atoms with Crippen molar-refractivity contribution in [1.29, 1.82) is 0 Å². The van der Waals surface area contributed by atoms with E-state index >= 15 is 0 Å². The summed E-state index contributed by atoms with van der Waals surface area (Å²) in [7, 11) is 0. The quantitative estimate of drug-likeness (QED) is 0.764. The van der Waals surface area contributed by atoms with Gasteiger partial charge in [0.25, 0.3) is 0 Å². The number of carbonyl (C=O) groups is 2. The van der Waals surface area contributed by atoms with Crippen LogP contribution in [0.5, 0.6) is 0 Å². The maximum Gasteiger partial charge on any atom is 0.234 e. The number of hydrogen-bond acceptors (Lipinski definition) is 2. The SMILES string of the molecule is CC(C)CCC(=O)N1CCN(C(=O)C(c2ccccc2)c2ccccc2)CC1. The van der Waals surface area contributed by atoms with E-state index in [1.54, 1.807) is 0 Å². The number of amides is 2. The largest absolute Gasteiger partial charge is 0.339 e. The fourth-order valence-electron chi connectivity index (χ4n) is 3.70. The van der Waals surface area contributed by atoms with Crippen LogP contribution in [0.25, 0.3) is 0 Å². The van der Waals surface area contributed by atoms with Crippen molar-refractivity contribution in [1.82, 2.24) is 9.80 Å². The van der Waals surface area contributed by atoms with Crippen molar-refractivity contribution in [3.05, 3.63) is 71.8 Å². The molecule has 0 N–H and O–H groups in total. The smallest absolute Gasteiger partial charge is 0.234 e. The summed E-state index contributed by atoms with van der Waals surface area (Å²) in [4.78, 5) is 29.6. The van der Waals surface area contributed by atoms with Gasteiger partial charge in [0.1, 0.15) is 0 Å². The molecular weight excluding hydrogens is 348 g/mol. The molecule has 0 radical (unpaired) electrons. The van der Waals surface area contributed by atoms with E-state index < -0.39 is 0 Å². The molecule has 0 spiro atoms. The van der Waals surface area contributed by atoms with Crippen molar-refractivity contribution in [3.8, 4) is 0 Å². The monoisotopic (exact) mass is 378 g/mol. The summed E-state index contributed by atoms with van der Waals surface area (Å²) >= 11 is 0. The van der Waals surface area contributed by atoms with E-state index in [0.717, 1.165) is 17.5 Å². The molecule has 1 aliphatic heterocycles. The van der Waals surface area contributed by atoms with Gasteiger partial charge in [-0.15, -0.1) is 0 Å². The third-order valence-electron chi connectivity index (χ3n) is 5.39. The normalized spacial score (nSPS) is 14.6. The minimum atomic E-state index is -0.300. The summed E-state index contributed by atoms with van der Waals surface area (Å²) in [5, 5.41) is 0. The Labute approximate surface area is 168 Å². The minimum absolute atomic E-state index is 0.117. The van der Waals surface area contributed by atoms with E-state index in [9.17, 15) is 9.59 Å². The van der Waals surface area contributed by atoms with E-state index in [2.05, 4.69) is 13.8 Å². The highest BCUT2D eigenvalue weighted by molar-refractivity contribution is 5.87. The molecule has 0 bridgehead atoms. The first kappa shape index (κ1) is 20.1. The zero-order valence-corrected chi connectivity index (χ0v) is 16.9. The van der Waals surface area contributed by atoms with Gasteiger partial charge in [-0.3, -0.25) is 9.59 Å². The number of benzene rings is 2. The third kappa shape index (κ3) is 5.00. The first-order chi connectivity index (χ1) is 13.6. The van der Waals surface area contributed by atoms with E-state index in [0.29, 0.717) is 38.5 Å². The Morgan fingerprint density at radius 1 is 0.786 bits per heavy atom. The standard InChI is InChI=1S/C24H30N2O2/c1-19(2)13-14-22(27)25-15-17-26(18-16-25)24(28)23(20-9-5-3-6-10-20)21-11-7-4-8-12-21/h3-12,19,23H,13-18H2,1-2H3. The van der Waals surface area contributed by atoms with E-state index in [4.69, 9.17) is 0 Å². The highest BCUT2D eigenvalue weighted by atomic mass is 16.2. The Balaban J connectivity index is 1.69. The van der Waals surface area contributed by atoms with E-state index in [1.165, 1.54) is 0 Å². The summed E-state index contributed by atoms with van der Waals surface area (Å²) in [5.41, 5.74) is 2.02. The average molecular weight is 379 g/mol. The third-order valence-corrected chi connectivity index (χ3v) is 5.39. The van der Waals surface area contributed by atoms with Crippen molar-refractivity contribution in [2.75, 3.05) is 26.2 Å². The van der Waals surface area contributed by atoms with Crippen LogP contribution >= 0.6 is 0 Å². The van der Waals surface area contributed by atoms with Gasteiger partial charge < -0.3 is 9.80 Å². The molecule has 4 nitrogen and oxygen atoms in total. The predicted octanol–water partition coefficient (Wildman–Crippen LogP) is 3.93. The molecule has 148 valence electrons. The van der Waals surface area contributed by atoms with Crippen LogP contribution in [0.15, 0.2) is 60.7 Å². The Bertz CT molecular complexity index is 726. The highest BCUT2D eigenvalue weighted by Crippen LogP contribution is 2.27. The molecule has 1 fully saturated rings. The Morgan fingerprint density at radius 2 is 1.25 bits per heavy atom. The van der Waals surface area contributed by atoms with Crippen LogP contribution in [-0.4, -0.2) is 47.8 Å². The van der Waals surface area contributed by atoms with Gasteiger partial charge in [-0.1, -0.05) is 74.5 Å². The molecule has 28 heavy (non-hydrogen) atoms. The predicted molar refractivity (Wildman–Crippen MR) is 112 cm³/mol. The Hall–Kier alpha value is -2.62. The van der Waals surface area contributed by atoms with E-state index in [-0.39, 0.29) is 17.7 Å². The number of nitrogens with zero attached hydrogens (tertiary/aromatic N) is 2. The second kappa shape index (κ2) is 9.54. The summed E-state index contributed by atoms with van der Waals surface area (Å²) in [6.07, 6.45) is 1.52. The van der Waals surface area contributed by atoms with Crippen molar-refractivity contribution in [2.24, 2.45) is 5.92 Å². The van der Waals surface area contributed by atoms with Crippen LogP contribution in [0.1, 0.15) is 43.7 Å². The molecule has 1 aliphatic rings. The molecule has 0 aliphatic carbocycles. The molecule has 0 atom stereocenters. The topological polar surface area (TPSA) is 40.6 Å². The lowest BCUT2D eigenvalue weighted by atomic mass is 9.90.